The van der Waals surface area contributed by atoms with Crippen LogP contribution in [-0.4, -0.2) is 25.4 Å². The van der Waals surface area contributed by atoms with Crippen LogP contribution in [0.25, 0.3) is 56.0 Å². The maximum absolute atomic E-state index is 5.90. The molecule has 0 fully saturated rings. The van der Waals surface area contributed by atoms with Crippen LogP contribution in [0.15, 0.2) is 188 Å². The van der Waals surface area contributed by atoms with Gasteiger partial charge in [-0.3, -0.25) is 4.57 Å². The van der Waals surface area contributed by atoms with Crippen molar-refractivity contribution in [1.82, 2.24) is 19.3 Å². The van der Waals surface area contributed by atoms with Gasteiger partial charge in [0.25, 0.3) is 0 Å². The first-order valence-corrected chi connectivity index (χ1v) is 18.2. The van der Waals surface area contributed by atoms with Gasteiger partial charge < -0.3 is 14.2 Å². The minimum absolute atomic E-state index is 0.0983. The lowest BCUT2D eigenvalue weighted by molar-refractivity contribution is 0.242. The van der Waals surface area contributed by atoms with E-state index in [2.05, 4.69) is 149 Å². The number of anilines is 2. The van der Waals surface area contributed by atoms with Crippen molar-refractivity contribution in [2.24, 2.45) is 0 Å². The third-order valence-electron chi connectivity index (χ3n) is 9.46. The molecular formula is C48H41N5O. The molecule has 8 aromatic rings. The Balaban J connectivity index is 1.18. The number of hydrogen-bond donors (Lipinski definition) is 0. The Morgan fingerprint density at radius 1 is 0.611 bits per heavy atom. The quantitative estimate of drug-likeness (QED) is 0.126. The SMILES string of the molecule is C=C/C(=C\C=C(/C)n1c2ccccc2c2ccccc21)N(c1ccccc1)c1ccc(-c2nnc(-c3ccc(OC(C)C)cc3)n2-c2ccccc2)cc1. The number of allylic oxidation sites excluding steroid dienone is 4. The number of nitrogens with zero attached hydrogens (tertiary/aromatic N) is 5. The molecule has 54 heavy (non-hydrogen) atoms. The summed E-state index contributed by atoms with van der Waals surface area (Å²) in [5, 5.41) is 11.9. The van der Waals surface area contributed by atoms with Crippen molar-refractivity contribution >= 4 is 38.9 Å². The van der Waals surface area contributed by atoms with Crippen LogP contribution in [0.5, 0.6) is 5.75 Å². The van der Waals surface area contributed by atoms with Crippen LogP contribution < -0.4 is 9.64 Å². The first kappa shape index (κ1) is 34.2. The minimum Gasteiger partial charge on any atom is -0.491 e. The molecule has 0 saturated carbocycles. The summed E-state index contributed by atoms with van der Waals surface area (Å²) in [5.74, 6) is 2.33. The fourth-order valence-corrected chi connectivity index (χ4v) is 7.04. The summed E-state index contributed by atoms with van der Waals surface area (Å²) < 4.78 is 10.3. The Bertz CT molecular complexity index is 2560. The lowest BCUT2D eigenvalue weighted by Gasteiger charge is -2.26. The predicted molar refractivity (Wildman–Crippen MR) is 224 cm³/mol. The molecule has 0 aliphatic rings. The average molecular weight is 704 g/mol. The summed E-state index contributed by atoms with van der Waals surface area (Å²) >= 11 is 0. The largest absolute Gasteiger partial charge is 0.491 e. The fraction of sp³-hybridized carbons (Fsp3) is 0.0833. The van der Waals surface area contributed by atoms with Gasteiger partial charge in [-0.15, -0.1) is 10.2 Å². The molecule has 8 rings (SSSR count). The van der Waals surface area contributed by atoms with Crippen LogP contribution in [0.2, 0.25) is 0 Å². The second kappa shape index (κ2) is 15.0. The molecule has 6 aromatic carbocycles. The molecule has 0 aliphatic heterocycles. The molecule has 2 heterocycles. The van der Waals surface area contributed by atoms with Crippen LogP contribution >= 0.6 is 0 Å². The van der Waals surface area contributed by atoms with Crippen molar-refractivity contribution in [2.75, 3.05) is 4.90 Å². The normalized spacial score (nSPS) is 12.1. The Morgan fingerprint density at radius 3 is 1.67 bits per heavy atom. The lowest BCUT2D eigenvalue weighted by Crippen LogP contribution is -2.15. The van der Waals surface area contributed by atoms with Gasteiger partial charge in [0.15, 0.2) is 11.6 Å². The zero-order valence-corrected chi connectivity index (χ0v) is 30.7. The number of rotatable bonds is 11. The molecule has 0 saturated heterocycles. The number of hydrogen-bond acceptors (Lipinski definition) is 4. The standard InChI is InChI=1S/C48H41N5O/c1-5-38(29-24-35(4)51-45-22-14-12-20-43(45)44-21-13-15-23-46(44)51)52(39-16-8-6-9-17-39)41-30-25-36(26-31-41)47-49-50-48(53(47)40-18-10-7-11-19-40)37-27-32-42(33-28-37)54-34(2)3/h5-34H,1H2,2-4H3/b35-24+,38-29+. The first-order valence-electron chi connectivity index (χ1n) is 18.2. The van der Waals surface area contributed by atoms with E-state index in [4.69, 9.17) is 14.9 Å². The molecule has 0 unspecified atom stereocenters. The van der Waals surface area contributed by atoms with Gasteiger partial charge in [-0.2, -0.15) is 0 Å². The third-order valence-corrected chi connectivity index (χ3v) is 9.46. The zero-order valence-electron chi connectivity index (χ0n) is 30.7. The van der Waals surface area contributed by atoms with E-state index in [0.29, 0.717) is 0 Å². The highest BCUT2D eigenvalue weighted by molar-refractivity contribution is 6.09. The molecule has 0 N–H and O–H groups in total. The topological polar surface area (TPSA) is 48.1 Å². The highest BCUT2D eigenvalue weighted by Gasteiger charge is 2.19. The van der Waals surface area contributed by atoms with Crippen molar-refractivity contribution in [3.8, 4) is 34.2 Å². The summed E-state index contributed by atoms with van der Waals surface area (Å²) in [5.41, 5.74) is 9.30. The Morgan fingerprint density at radius 2 is 1.11 bits per heavy atom. The van der Waals surface area contributed by atoms with E-state index < -0.39 is 0 Å². The van der Waals surface area contributed by atoms with Crippen LogP contribution in [0.4, 0.5) is 11.4 Å². The van der Waals surface area contributed by atoms with Crippen molar-refractivity contribution in [3.05, 3.63) is 188 Å². The van der Waals surface area contributed by atoms with Crippen LogP contribution in [-0.2, 0) is 0 Å². The van der Waals surface area contributed by atoms with E-state index in [0.717, 1.165) is 57.0 Å². The number of ether oxygens (including phenoxy) is 1. The Kier molecular flexibility index (Phi) is 9.48. The van der Waals surface area contributed by atoms with E-state index in [9.17, 15) is 0 Å². The molecule has 0 radical (unpaired) electrons. The molecule has 0 bridgehead atoms. The number of fused-ring (bicyclic) bond motifs is 3. The summed E-state index contributed by atoms with van der Waals surface area (Å²) in [4.78, 5) is 2.22. The average Bonchev–Trinajstić information content (AvgIpc) is 3.81. The first-order chi connectivity index (χ1) is 26.5. The Labute approximate surface area is 316 Å². The van der Waals surface area contributed by atoms with Gasteiger partial charge in [-0.1, -0.05) is 79.4 Å². The molecule has 0 aliphatic carbocycles. The van der Waals surface area contributed by atoms with Crippen molar-refractivity contribution in [2.45, 2.75) is 26.9 Å². The molecule has 6 nitrogen and oxygen atoms in total. The predicted octanol–water partition coefficient (Wildman–Crippen LogP) is 12.3. The smallest absolute Gasteiger partial charge is 0.168 e. The Hall–Kier alpha value is -6.92. The van der Waals surface area contributed by atoms with E-state index in [1.165, 1.54) is 21.8 Å². The molecule has 0 amide bonds. The molecule has 6 heteroatoms. The minimum atomic E-state index is 0.0983. The van der Waals surface area contributed by atoms with Crippen molar-refractivity contribution < 1.29 is 4.74 Å². The number of benzene rings is 6. The molecule has 0 atom stereocenters. The van der Waals surface area contributed by atoms with Crippen LogP contribution in [0, 0.1) is 0 Å². The summed E-state index contributed by atoms with van der Waals surface area (Å²) in [7, 11) is 0. The summed E-state index contributed by atoms with van der Waals surface area (Å²) in [6.45, 7) is 10.5. The van der Waals surface area contributed by atoms with E-state index >= 15 is 0 Å². The zero-order chi connectivity index (χ0) is 37.0. The van der Waals surface area contributed by atoms with Gasteiger partial charge in [0.1, 0.15) is 5.75 Å². The van der Waals surface area contributed by atoms with Crippen molar-refractivity contribution in [1.29, 1.82) is 0 Å². The van der Waals surface area contributed by atoms with E-state index in [1.54, 1.807) is 0 Å². The van der Waals surface area contributed by atoms with Gasteiger partial charge in [0, 0.05) is 50.4 Å². The van der Waals surface area contributed by atoms with Crippen molar-refractivity contribution in [3.63, 3.8) is 0 Å². The highest BCUT2D eigenvalue weighted by atomic mass is 16.5. The number of para-hydroxylation sites is 4. The summed E-state index contributed by atoms with van der Waals surface area (Å²) in [6.07, 6.45) is 6.32. The summed E-state index contributed by atoms with van der Waals surface area (Å²) in [6, 6.07) is 54.3. The van der Waals surface area contributed by atoms with Gasteiger partial charge in [0.05, 0.1) is 17.1 Å². The van der Waals surface area contributed by atoms with Gasteiger partial charge in [-0.05, 0) is 124 Å². The number of aromatic nitrogens is 4. The second-order valence-electron chi connectivity index (χ2n) is 13.4. The van der Waals surface area contributed by atoms with Gasteiger partial charge in [0.2, 0.25) is 0 Å². The molecule has 0 spiro atoms. The van der Waals surface area contributed by atoms with Gasteiger partial charge in [-0.25, -0.2) is 0 Å². The molecule has 264 valence electrons. The lowest BCUT2D eigenvalue weighted by atomic mass is 10.1. The third kappa shape index (κ3) is 6.61. The van der Waals surface area contributed by atoms with E-state index in [1.807, 2.05) is 68.5 Å². The molecular weight excluding hydrogens is 663 g/mol. The van der Waals surface area contributed by atoms with Crippen LogP contribution in [0.1, 0.15) is 20.8 Å². The fourth-order valence-electron chi connectivity index (χ4n) is 7.04. The van der Waals surface area contributed by atoms with Gasteiger partial charge >= 0.3 is 0 Å². The maximum Gasteiger partial charge on any atom is 0.168 e. The molecule has 2 aromatic heterocycles. The highest BCUT2D eigenvalue weighted by Crippen LogP contribution is 2.35. The van der Waals surface area contributed by atoms with E-state index in [-0.39, 0.29) is 6.10 Å². The van der Waals surface area contributed by atoms with Crippen LogP contribution in [0.3, 0.4) is 0 Å². The maximum atomic E-state index is 5.90. The monoisotopic (exact) mass is 703 g/mol. The second-order valence-corrected chi connectivity index (χ2v) is 13.4.